The van der Waals surface area contributed by atoms with E-state index in [0.717, 1.165) is 5.69 Å². The molecule has 7 heteroatoms. The summed E-state index contributed by atoms with van der Waals surface area (Å²) in [4.78, 5) is 5.49. The Balaban J connectivity index is -0.000000270. The average Bonchev–Trinajstić information content (AvgIpc) is 2.33. The molecule has 1 rings (SSSR count). The molecule has 0 spiro atoms. The Morgan fingerprint density at radius 3 is 2.08 bits per heavy atom. The fourth-order valence-electron chi connectivity index (χ4n) is 0.441. The van der Waals surface area contributed by atoms with Gasteiger partial charge in [-0.2, -0.15) is 0 Å². The fourth-order valence-corrected chi connectivity index (χ4v) is 3.01. The molecule has 1 heterocycles. The van der Waals surface area contributed by atoms with Crippen LogP contribution in [0.25, 0.3) is 0 Å². The average molecular weight is 1030 g/mol. The summed E-state index contributed by atoms with van der Waals surface area (Å²) in [5.41, 5.74) is 3.05. The van der Waals surface area contributed by atoms with Gasteiger partial charge in [0.25, 0.3) is 0 Å². The SMILES string of the molecule is [W].[W].[W].[W]=[CH]c1ncsc1[CH]=[W]. The maximum absolute atomic E-state index is 4.17. The van der Waals surface area contributed by atoms with Crippen molar-refractivity contribution in [3.63, 3.8) is 0 Å². The van der Waals surface area contributed by atoms with E-state index in [4.69, 9.17) is 0 Å². The van der Waals surface area contributed by atoms with E-state index in [0.29, 0.717) is 0 Å². The molecule has 0 bridgehead atoms. The molecule has 0 atom stereocenters. The molecular weight excluding hydrogens is 1030 g/mol. The maximum atomic E-state index is 4.17. The Bertz CT molecular complexity index is 213. The zero-order chi connectivity index (χ0) is 6.69. The van der Waals surface area contributed by atoms with Crippen LogP contribution in [0.3, 0.4) is 0 Å². The third-order valence-corrected chi connectivity index (χ3v) is 3.88. The number of hydrogen-bond donors (Lipinski definition) is 0. The van der Waals surface area contributed by atoms with Gasteiger partial charge in [0.2, 0.25) is 0 Å². The molecule has 1 aromatic heterocycles. The van der Waals surface area contributed by atoms with E-state index in [2.05, 4.69) is 13.8 Å². The first-order valence-corrected chi connectivity index (χ1v) is 6.49. The Morgan fingerprint density at radius 2 is 1.75 bits per heavy atom. The van der Waals surface area contributed by atoms with Crippen molar-refractivity contribution in [3.05, 3.63) is 16.1 Å². The van der Waals surface area contributed by atoms with Crippen LogP contribution in [-0.2, 0) is 102 Å². The Morgan fingerprint density at radius 1 is 1.17 bits per heavy atom. The minimum atomic E-state index is 0. The summed E-state index contributed by atoms with van der Waals surface area (Å²) in [5, 5.41) is 0. The molecule has 0 saturated heterocycles. The third kappa shape index (κ3) is 6.32. The molecular formula is C5H3NSW5. The molecule has 1 aromatic rings. The topological polar surface area (TPSA) is 12.9 Å². The summed E-state index contributed by atoms with van der Waals surface area (Å²) in [5.74, 6) is 0. The van der Waals surface area contributed by atoms with Crippen molar-refractivity contribution in [2.75, 3.05) is 0 Å². The normalized spacial score (nSPS) is 6.67. The fraction of sp³-hybridized carbons (Fsp3) is 0. The van der Waals surface area contributed by atoms with Crippen molar-refractivity contribution < 1.29 is 102 Å². The van der Waals surface area contributed by atoms with E-state index in [1.807, 2.05) is 5.51 Å². The van der Waals surface area contributed by atoms with Crippen molar-refractivity contribution in [3.8, 4) is 0 Å². The molecule has 0 unspecified atom stereocenters. The minimum absolute atomic E-state index is 0. The number of rotatable bonds is 2. The van der Waals surface area contributed by atoms with E-state index in [-0.39, 0.29) is 63.2 Å². The van der Waals surface area contributed by atoms with Gasteiger partial charge in [-0.1, -0.05) is 0 Å². The van der Waals surface area contributed by atoms with Gasteiger partial charge in [0.1, 0.15) is 0 Å². The van der Waals surface area contributed by atoms with Crippen LogP contribution in [0.5, 0.6) is 0 Å². The molecule has 0 N–H and O–H groups in total. The monoisotopic (exact) mass is 1030 g/mol. The number of aromatic nitrogens is 1. The summed E-state index contributed by atoms with van der Waals surface area (Å²) < 4.78 is 4.29. The van der Waals surface area contributed by atoms with Crippen LogP contribution < -0.4 is 0 Å². The summed E-state index contributed by atoms with van der Waals surface area (Å²) in [6, 6.07) is 0. The standard InChI is InChI=1S/C5H3NS.5W/c1-4-5(2)7-3-6-4;;;;;/h1-3H;;;;;. The van der Waals surface area contributed by atoms with Gasteiger partial charge in [0.05, 0.1) is 0 Å². The van der Waals surface area contributed by atoms with E-state index in [9.17, 15) is 0 Å². The van der Waals surface area contributed by atoms with Gasteiger partial charge in [-0.05, 0) is 0 Å². The van der Waals surface area contributed by atoms with Crippen LogP contribution in [-0.4, -0.2) is 13.8 Å². The second-order valence-electron chi connectivity index (χ2n) is 1.34. The van der Waals surface area contributed by atoms with Crippen LogP contribution in [0.1, 0.15) is 10.6 Å². The summed E-state index contributed by atoms with van der Waals surface area (Å²) in [6.07, 6.45) is 0. The molecule has 0 aliphatic heterocycles. The second kappa shape index (κ2) is 11.9. The van der Waals surface area contributed by atoms with Crippen molar-refractivity contribution >= 4 is 20.1 Å². The van der Waals surface area contributed by atoms with Crippen molar-refractivity contribution in [1.82, 2.24) is 4.98 Å². The molecule has 12 heavy (non-hydrogen) atoms. The van der Waals surface area contributed by atoms with E-state index >= 15 is 0 Å². The molecule has 0 fully saturated rings. The van der Waals surface area contributed by atoms with E-state index in [1.54, 1.807) is 11.3 Å². The van der Waals surface area contributed by atoms with Crippen LogP contribution in [0.4, 0.5) is 0 Å². The van der Waals surface area contributed by atoms with Gasteiger partial charge >= 0.3 is 79.9 Å². The van der Waals surface area contributed by atoms with Crippen LogP contribution in [0.2, 0.25) is 0 Å². The summed E-state index contributed by atoms with van der Waals surface area (Å²) in [7, 11) is 0. The molecule has 64 valence electrons. The van der Waals surface area contributed by atoms with Gasteiger partial charge < -0.3 is 0 Å². The summed E-state index contributed by atoms with van der Waals surface area (Å²) >= 11 is 4.67. The Hall–Kier alpha value is 2.81. The summed E-state index contributed by atoms with van der Waals surface area (Å²) in [6.45, 7) is 0. The zero-order valence-corrected chi connectivity index (χ0v) is 21.1. The zero-order valence-electron chi connectivity index (χ0n) is 5.63. The first-order valence-electron chi connectivity index (χ1n) is 2.22. The van der Waals surface area contributed by atoms with Crippen LogP contribution in [0.15, 0.2) is 5.51 Å². The molecule has 0 saturated carbocycles. The van der Waals surface area contributed by atoms with Crippen LogP contribution >= 0.6 is 11.3 Å². The number of hydrogen-bond acceptors (Lipinski definition) is 2. The predicted octanol–water partition coefficient (Wildman–Crippen LogP) is 0.530. The van der Waals surface area contributed by atoms with Gasteiger partial charge in [-0.25, -0.2) is 0 Å². The van der Waals surface area contributed by atoms with E-state index < -0.39 is 0 Å². The predicted molar refractivity (Wildman–Crippen MR) is 32.4 cm³/mol. The first-order chi connectivity index (χ1) is 4.38. The second-order valence-corrected chi connectivity index (χ2v) is 3.92. The van der Waals surface area contributed by atoms with E-state index in [1.165, 1.54) is 43.6 Å². The van der Waals surface area contributed by atoms with Crippen LogP contribution in [0, 0.1) is 0 Å². The Labute approximate surface area is 140 Å². The van der Waals surface area contributed by atoms with Crippen molar-refractivity contribution in [2.24, 2.45) is 0 Å². The molecule has 0 aliphatic rings. The number of thiazole rings is 1. The molecule has 0 amide bonds. The number of nitrogens with zero attached hydrogens (tertiary/aromatic N) is 1. The Kier molecular flexibility index (Phi) is 20.1. The molecule has 0 radical (unpaired) electrons. The van der Waals surface area contributed by atoms with Gasteiger partial charge in [0, 0.05) is 63.2 Å². The quantitative estimate of drug-likeness (QED) is 0.423. The van der Waals surface area contributed by atoms with Gasteiger partial charge in [-0.3, -0.25) is 0 Å². The first kappa shape index (κ1) is 20.3. The molecule has 1 nitrogen and oxygen atoms in total. The molecule has 0 aliphatic carbocycles. The third-order valence-electron chi connectivity index (χ3n) is 0.843. The van der Waals surface area contributed by atoms with Gasteiger partial charge in [-0.15, -0.1) is 0 Å². The van der Waals surface area contributed by atoms with Crippen molar-refractivity contribution in [2.45, 2.75) is 0 Å². The van der Waals surface area contributed by atoms with Gasteiger partial charge in [0.15, 0.2) is 0 Å². The molecule has 0 aromatic carbocycles. The van der Waals surface area contributed by atoms with Crippen molar-refractivity contribution in [1.29, 1.82) is 0 Å².